The lowest BCUT2D eigenvalue weighted by Gasteiger charge is -2.17. The highest BCUT2D eigenvalue weighted by Crippen LogP contribution is 2.38. The van der Waals surface area contributed by atoms with Gasteiger partial charge in [0, 0.05) is 5.69 Å². The van der Waals surface area contributed by atoms with Crippen molar-refractivity contribution in [1.29, 1.82) is 0 Å². The number of methoxy groups -OCH3 is 1. The maximum absolute atomic E-state index is 5.98. The van der Waals surface area contributed by atoms with Gasteiger partial charge in [-0.15, -0.1) is 0 Å². The van der Waals surface area contributed by atoms with Crippen molar-refractivity contribution in [2.24, 2.45) is 0 Å². The van der Waals surface area contributed by atoms with Gasteiger partial charge in [0.1, 0.15) is 5.75 Å². The van der Waals surface area contributed by atoms with Crippen LogP contribution < -0.4 is 10.5 Å². The van der Waals surface area contributed by atoms with E-state index in [9.17, 15) is 0 Å². The molecule has 0 saturated carbocycles. The van der Waals surface area contributed by atoms with Crippen molar-refractivity contribution in [3.8, 4) is 17.2 Å². The van der Waals surface area contributed by atoms with Gasteiger partial charge in [-0.3, -0.25) is 0 Å². The second-order valence-electron chi connectivity index (χ2n) is 4.77. The Morgan fingerprint density at radius 3 is 3.05 bits per heavy atom. The maximum Gasteiger partial charge on any atom is 0.260 e. The van der Waals surface area contributed by atoms with E-state index >= 15 is 0 Å². The molecule has 1 unspecified atom stereocenters. The van der Waals surface area contributed by atoms with Crippen LogP contribution in [0.5, 0.6) is 5.75 Å². The molecule has 2 aromatic rings. The Kier molecular flexibility index (Phi) is 3.82. The Bertz CT molecular complexity index is 594. The van der Waals surface area contributed by atoms with E-state index in [1.54, 1.807) is 13.2 Å². The summed E-state index contributed by atoms with van der Waals surface area (Å²) in [4.78, 5) is 4.51. The molecule has 1 aromatic heterocycles. The Morgan fingerprint density at radius 1 is 1.40 bits per heavy atom. The summed E-state index contributed by atoms with van der Waals surface area (Å²) in [6.07, 6.45) is 3.61. The van der Waals surface area contributed by atoms with E-state index in [0.717, 1.165) is 29.3 Å². The molecule has 20 heavy (non-hydrogen) atoms. The van der Waals surface area contributed by atoms with Crippen LogP contribution in [0.15, 0.2) is 22.7 Å². The maximum atomic E-state index is 5.98. The first-order valence-corrected chi connectivity index (χ1v) is 7.72. The molecule has 6 heteroatoms. The van der Waals surface area contributed by atoms with Gasteiger partial charge in [0.05, 0.1) is 17.9 Å². The van der Waals surface area contributed by atoms with Crippen LogP contribution in [0.1, 0.15) is 30.3 Å². The van der Waals surface area contributed by atoms with E-state index in [4.69, 9.17) is 15.0 Å². The number of nitrogens with two attached hydrogens (primary N) is 1. The topological polar surface area (TPSA) is 74.2 Å². The van der Waals surface area contributed by atoms with Crippen LogP contribution >= 0.6 is 11.8 Å². The van der Waals surface area contributed by atoms with Gasteiger partial charge in [-0.25, -0.2) is 0 Å². The van der Waals surface area contributed by atoms with Gasteiger partial charge in [0.15, 0.2) is 5.82 Å². The lowest BCUT2D eigenvalue weighted by molar-refractivity contribution is 0.411. The van der Waals surface area contributed by atoms with Crippen LogP contribution in [0.4, 0.5) is 5.69 Å². The summed E-state index contributed by atoms with van der Waals surface area (Å²) >= 11 is 1.90. The first-order chi connectivity index (χ1) is 9.78. The average molecular weight is 291 g/mol. The summed E-state index contributed by atoms with van der Waals surface area (Å²) in [5.41, 5.74) is 7.31. The minimum absolute atomic E-state index is 0.341. The first-order valence-electron chi connectivity index (χ1n) is 6.67. The molecule has 106 valence electrons. The fourth-order valence-corrected chi connectivity index (χ4v) is 3.50. The standard InChI is InChI=1S/C14H17N3O2S/c1-18-9-5-6-11(15)10(8-9)14-16-13(17-19-14)12-4-2-3-7-20-12/h5-6,8,12H,2-4,7,15H2,1H3. The first kappa shape index (κ1) is 13.3. The van der Waals surface area contributed by atoms with Crippen LogP contribution in [0, 0.1) is 0 Å². The minimum atomic E-state index is 0.341. The highest BCUT2D eigenvalue weighted by Gasteiger charge is 2.22. The van der Waals surface area contributed by atoms with Crippen LogP contribution in [-0.2, 0) is 0 Å². The molecule has 5 nitrogen and oxygen atoms in total. The Labute approximate surface area is 121 Å². The van der Waals surface area contributed by atoms with E-state index in [2.05, 4.69) is 10.1 Å². The van der Waals surface area contributed by atoms with Gasteiger partial charge in [0.2, 0.25) is 0 Å². The summed E-state index contributed by atoms with van der Waals surface area (Å²) in [6, 6.07) is 5.42. The predicted molar refractivity (Wildman–Crippen MR) is 79.7 cm³/mol. The van der Waals surface area contributed by atoms with Gasteiger partial charge in [-0.2, -0.15) is 16.7 Å². The zero-order valence-electron chi connectivity index (χ0n) is 11.3. The number of ether oxygens (including phenoxy) is 1. The van der Waals surface area contributed by atoms with E-state index < -0.39 is 0 Å². The van der Waals surface area contributed by atoms with E-state index in [1.807, 2.05) is 23.9 Å². The molecule has 2 N–H and O–H groups in total. The third kappa shape index (κ3) is 2.60. The molecule has 0 spiro atoms. The zero-order valence-corrected chi connectivity index (χ0v) is 12.2. The smallest absolute Gasteiger partial charge is 0.260 e. The quantitative estimate of drug-likeness (QED) is 0.875. The molecule has 0 aliphatic carbocycles. The molecule has 0 radical (unpaired) electrons. The Balaban J connectivity index is 1.89. The zero-order chi connectivity index (χ0) is 13.9. The van der Waals surface area contributed by atoms with Crippen LogP contribution in [0.3, 0.4) is 0 Å². The molecule has 0 bridgehead atoms. The highest BCUT2D eigenvalue weighted by atomic mass is 32.2. The molecular weight excluding hydrogens is 274 g/mol. The molecule has 1 aliphatic heterocycles. The molecule has 3 rings (SSSR count). The van der Waals surface area contributed by atoms with E-state index in [-0.39, 0.29) is 0 Å². The monoisotopic (exact) mass is 291 g/mol. The normalized spacial score (nSPS) is 18.9. The van der Waals surface area contributed by atoms with Gasteiger partial charge in [0.25, 0.3) is 5.89 Å². The van der Waals surface area contributed by atoms with Gasteiger partial charge < -0.3 is 15.0 Å². The summed E-state index contributed by atoms with van der Waals surface area (Å²) < 4.78 is 10.6. The summed E-state index contributed by atoms with van der Waals surface area (Å²) in [5.74, 6) is 3.12. The fraction of sp³-hybridized carbons (Fsp3) is 0.429. The van der Waals surface area contributed by atoms with Crippen LogP contribution in [0.2, 0.25) is 0 Å². The number of hydrogen-bond acceptors (Lipinski definition) is 6. The second-order valence-corrected chi connectivity index (χ2v) is 6.08. The van der Waals surface area contributed by atoms with Crippen molar-refractivity contribution in [3.63, 3.8) is 0 Å². The molecule has 1 saturated heterocycles. The number of hydrogen-bond donors (Lipinski definition) is 1. The van der Waals surface area contributed by atoms with Crippen molar-refractivity contribution < 1.29 is 9.26 Å². The van der Waals surface area contributed by atoms with Crippen molar-refractivity contribution in [2.75, 3.05) is 18.6 Å². The summed E-state index contributed by atoms with van der Waals surface area (Å²) in [6.45, 7) is 0. The molecule has 1 atom stereocenters. The second kappa shape index (κ2) is 5.75. The lowest BCUT2D eigenvalue weighted by Crippen LogP contribution is -2.03. The number of nitrogen functional groups attached to an aromatic ring is 1. The van der Waals surface area contributed by atoms with Crippen molar-refractivity contribution >= 4 is 17.4 Å². The number of anilines is 1. The number of benzene rings is 1. The third-order valence-corrected chi connectivity index (χ3v) is 4.77. The number of thioether (sulfide) groups is 1. The third-order valence-electron chi connectivity index (χ3n) is 3.40. The molecule has 1 aliphatic rings. The molecule has 1 fully saturated rings. The molecule has 1 aromatic carbocycles. The molecule has 0 amide bonds. The number of nitrogens with zero attached hydrogens (tertiary/aromatic N) is 2. The van der Waals surface area contributed by atoms with E-state index in [1.165, 1.54) is 12.8 Å². The number of rotatable bonds is 3. The van der Waals surface area contributed by atoms with Gasteiger partial charge in [-0.1, -0.05) is 11.6 Å². The molecule has 2 heterocycles. The van der Waals surface area contributed by atoms with E-state index in [0.29, 0.717) is 16.8 Å². The predicted octanol–water partition coefficient (Wildman–Crippen LogP) is 3.29. The van der Waals surface area contributed by atoms with Crippen molar-refractivity contribution in [3.05, 3.63) is 24.0 Å². The lowest BCUT2D eigenvalue weighted by atomic mass is 10.1. The minimum Gasteiger partial charge on any atom is -0.497 e. The number of aromatic nitrogens is 2. The average Bonchev–Trinajstić information content (AvgIpc) is 2.98. The summed E-state index contributed by atoms with van der Waals surface area (Å²) in [5, 5.41) is 4.45. The van der Waals surface area contributed by atoms with Crippen molar-refractivity contribution in [2.45, 2.75) is 24.5 Å². The van der Waals surface area contributed by atoms with Crippen LogP contribution in [-0.4, -0.2) is 23.0 Å². The highest BCUT2D eigenvalue weighted by molar-refractivity contribution is 7.99. The van der Waals surface area contributed by atoms with Crippen molar-refractivity contribution in [1.82, 2.24) is 10.1 Å². The van der Waals surface area contributed by atoms with Gasteiger partial charge >= 0.3 is 0 Å². The molecular formula is C14H17N3O2S. The summed E-state index contributed by atoms with van der Waals surface area (Å²) in [7, 11) is 1.62. The fourth-order valence-electron chi connectivity index (χ4n) is 2.27. The Hall–Kier alpha value is -1.69. The van der Waals surface area contributed by atoms with Gasteiger partial charge in [-0.05, 0) is 36.8 Å². The Morgan fingerprint density at radius 2 is 2.30 bits per heavy atom. The largest absolute Gasteiger partial charge is 0.497 e. The van der Waals surface area contributed by atoms with Crippen LogP contribution in [0.25, 0.3) is 11.5 Å². The SMILES string of the molecule is COc1ccc(N)c(-c2nc(C3CCCCS3)no2)c1.